The molecule has 0 unspecified atom stereocenters. The first-order valence-corrected chi connectivity index (χ1v) is 8.68. The van der Waals surface area contributed by atoms with Crippen LogP contribution in [0.4, 0.5) is 5.69 Å². The fourth-order valence-corrected chi connectivity index (χ4v) is 3.49. The number of hydrogen-bond donors (Lipinski definition) is 0. The van der Waals surface area contributed by atoms with Crippen LogP contribution < -0.4 is 4.90 Å². The Morgan fingerprint density at radius 1 is 1.00 bits per heavy atom. The van der Waals surface area contributed by atoms with Crippen LogP contribution in [-0.4, -0.2) is 46.4 Å². The van der Waals surface area contributed by atoms with E-state index in [0.717, 1.165) is 37.5 Å². The highest BCUT2D eigenvalue weighted by Crippen LogP contribution is 2.20. The lowest BCUT2D eigenvalue weighted by Crippen LogP contribution is -2.49. The molecule has 0 aliphatic carbocycles. The maximum absolute atomic E-state index is 13.0. The molecule has 0 spiro atoms. The molecule has 5 nitrogen and oxygen atoms in total. The number of imidazole rings is 1. The van der Waals surface area contributed by atoms with E-state index in [-0.39, 0.29) is 5.91 Å². The van der Waals surface area contributed by atoms with Crippen molar-refractivity contribution in [3.05, 3.63) is 65.7 Å². The van der Waals surface area contributed by atoms with Crippen LogP contribution in [0, 0.1) is 13.8 Å². The fourth-order valence-electron chi connectivity index (χ4n) is 3.49. The summed E-state index contributed by atoms with van der Waals surface area (Å²) in [5.41, 5.74) is 3.93. The van der Waals surface area contributed by atoms with E-state index in [1.165, 1.54) is 11.3 Å². The average molecular weight is 334 g/mol. The number of amides is 1. The van der Waals surface area contributed by atoms with Crippen LogP contribution >= 0.6 is 0 Å². The van der Waals surface area contributed by atoms with Crippen molar-refractivity contribution in [1.29, 1.82) is 0 Å². The van der Waals surface area contributed by atoms with Gasteiger partial charge in [-0.1, -0.05) is 18.2 Å². The highest BCUT2D eigenvalue weighted by molar-refractivity contribution is 5.99. The summed E-state index contributed by atoms with van der Waals surface area (Å²) in [5, 5.41) is 0. The van der Waals surface area contributed by atoms with Gasteiger partial charge in [-0.05, 0) is 43.7 Å². The molecular formula is C20H22N4O. The molecule has 1 aromatic carbocycles. The molecule has 4 rings (SSSR count). The topological polar surface area (TPSA) is 40.8 Å². The fraction of sp³-hybridized carbons (Fsp3) is 0.300. The number of aryl methyl sites for hydroxylation is 2. The number of hydrogen-bond acceptors (Lipinski definition) is 3. The molecule has 0 radical (unpaired) electrons. The first kappa shape index (κ1) is 15.7. The first-order valence-electron chi connectivity index (χ1n) is 8.68. The molecule has 2 aromatic heterocycles. The lowest BCUT2D eigenvalue weighted by atomic mass is 10.2. The summed E-state index contributed by atoms with van der Waals surface area (Å²) >= 11 is 0. The van der Waals surface area contributed by atoms with Gasteiger partial charge in [-0.2, -0.15) is 0 Å². The van der Waals surface area contributed by atoms with E-state index >= 15 is 0 Å². The molecule has 5 heteroatoms. The van der Waals surface area contributed by atoms with Crippen molar-refractivity contribution in [3.8, 4) is 0 Å². The van der Waals surface area contributed by atoms with Gasteiger partial charge in [0.25, 0.3) is 5.91 Å². The van der Waals surface area contributed by atoms with Crippen molar-refractivity contribution in [2.75, 3.05) is 31.1 Å². The Balaban J connectivity index is 1.51. The number of anilines is 1. The summed E-state index contributed by atoms with van der Waals surface area (Å²) in [5.74, 6) is 0.873. The van der Waals surface area contributed by atoms with Crippen LogP contribution in [0.15, 0.2) is 48.7 Å². The minimum absolute atomic E-state index is 0.0284. The van der Waals surface area contributed by atoms with Gasteiger partial charge >= 0.3 is 0 Å². The lowest BCUT2D eigenvalue weighted by molar-refractivity contribution is 0.0743. The SMILES string of the molecule is Cc1cccc(N2CCN(C(=O)c3nc(C)n4ccccc34)CC2)c1. The Labute approximate surface area is 147 Å². The molecular weight excluding hydrogens is 312 g/mol. The summed E-state index contributed by atoms with van der Waals surface area (Å²) < 4.78 is 1.97. The van der Waals surface area contributed by atoms with E-state index in [0.29, 0.717) is 5.69 Å². The predicted octanol–water partition coefficient (Wildman–Crippen LogP) is 2.91. The quantitative estimate of drug-likeness (QED) is 0.723. The number of carbonyl (C=O) groups excluding carboxylic acids is 1. The molecule has 1 amide bonds. The number of fused-ring (bicyclic) bond motifs is 1. The molecule has 1 aliphatic heterocycles. The van der Waals surface area contributed by atoms with E-state index in [1.807, 2.05) is 40.6 Å². The number of carbonyl (C=O) groups is 1. The van der Waals surface area contributed by atoms with Gasteiger partial charge in [0, 0.05) is 38.1 Å². The van der Waals surface area contributed by atoms with Crippen molar-refractivity contribution < 1.29 is 4.79 Å². The maximum atomic E-state index is 13.0. The summed E-state index contributed by atoms with van der Waals surface area (Å²) in [7, 11) is 0. The Hall–Kier alpha value is -2.82. The highest BCUT2D eigenvalue weighted by atomic mass is 16.2. The molecule has 0 N–H and O–H groups in total. The molecule has 0 saturated carbocycles. The number of nitrogens with zero attached hydrogens (tertiary/aromatic N) is 4. The van der Waals surface area contributed by atoms with Crippen molar-refractivity contribution >= 4 is 17.1 Å². The van der Waals surface area contributed by atoms with E-state index < -0.39 is 0 Å². The zero-order valence-corrected chi connectivity index (χ0v) is 14.6. The van der Waals surface area contributed by atoms with E-state index in [9.17, 15) is 4.79 Å². The molecule has 25 heavy (non-hydrogen) atoms. The molecule has 3 aromatic rings. The average Bonchev–Trinajstić information content (AvgIpc) is 2.98. The minimum atomic E-state index is 0.0284. The predicted molar refractivity (Wildman–Crippen MR) is 99.2 cm³/mol. The Kier molecular flexibility index (Phi) is 3.92. The van der Waals surface area contributed by atoms with Gasteiger partial charge in [0.05, 0.1) is 5.52 Å². The van der Waals surface area contributed by atoms with Crippen LogP contribution in [0.3, 0.4) is 0 Å². The molecule has 0 bridgehead atoms. The van der Waals surface area contributed by atoms with Gasteiger partial charge in [-0.15, -0.1) is 0 Å². The number of pyridine rings is 1. The number of piperazine rings is 1. The third kappa shape index (κ3) is 2.86. The van der Waals surface area contributed by atoms with Crippen LogP contribution in [0.5, 0.6) is 0 Å². The molecule has 1 saturated heterocycles. The van der Waals surface area contributed by atoms with Gasteiger partial charge in [0.2, 0.25) is 0 Å². The number of benzene rings is 1. The van der Waals surface area contributed by atoms with Gasteiger partial charge in [-0.25, -0.2) is 4.98 Å². The summed E-state index contributed by atoms with van der Waals surface area (Å²) in [4.78, 5) is 21.7. The highest BCUT2D eigenvalue weighted by Gasteiger charge is 2.25. The van der Waals surface area contributed by atoms with Crippen molar-refractivity contribution in [2.24, 2.45) is 0 Å². The summed E-state index contributed by atoms with van der Waals surface area (Å²) in [6, 6.07) is 14.4. The van der Waals surface area contributed by atoms with Crippen LogP contribution in [0.1, 0.15) is 21.9 Å². The number of aromatic nitrogens is 2. The Bertz CT molecular complexity index is 922. The van der Waals surface area contributed by atoms with Gasteiger partial charge < -0.3 is 14.2 Å². The first-order chi connectivity index (χ1) is 12.1. The van der Waals surface area contributed by atoms with Crippen LogP contribution in [0.2, 0.25) is 0 Å². The second kappa shape index (κ2) is 6.24. The lowest BCUT2D eigenvalue weighted by Gasteiger charge is -2.36. The van der Waals surface area contributed by atoms with E-state index in [2.05, 4.69) is 41.1 Å². The second-order valence-electron chi connectivity index (χ2n) is 6.58. The molecule has 0 atom stereocenters. The Morgan fingerprint density at radius 3 is 2.56 bits per heavy atom. The maximum Gasteiger partial charge on any atom is 0.274 e. The van der Waals surface area contributed by atoms with Crippen molar-refractivity contribution in [2.45, 2.75) is 13.8 Å². The largest absolute Gasteiger partial charge is 0.368 e. The zero-order valence-electron chi connectivity index (χ0n) is 14.6. The molecule has 128 valence electrons. The van der Waals surface area contributed by atoms with Crippen LogP contribution in [0.25, 0.3) is 5.52 Å². The van der Waals surface area contributed by atoms with E-state index in [1.54, 1.807) is 0 Å². The van der Waals surface area contributed by atoms with Crippen molar-refractivity contribution in [1.82, 2.24) is 14.3 Å². The standard InChI is InChI=1S/C20H22N4O/c1-15-6-5-7-17(14-15)22-10-12-23(13-11-22)20(25)19-18-8-3-4-9-24(18)16(2)21-19/h3-9,14H,10-13H2,1-2H3. The Morgan fingerprint density at radius 2 is 1.80 bits per heavy atom. The zero-order chi connectivity index (χ0) is 17.4. The minimum Gasteiger partial charge on any atom is -0.368 e. The monoisotopic (exact) mass is 334 g/mol. The molecule has 1 fully saturated rings. The van der Waals surface area contributed by atoms with Gasteiger partial charge in [0.1, 0.15) is 5.82 Å². The summed E-state index contributed by atoms with van der Waals surface area (Å²) in [6.45, 7) is 7.17. The van der Waals surface area contributed by atoms with Crippen molar-refractivity contribution in [3.63, 3.8) is 0 Å². The normalized spacial score (nSPS) is 15.0. The second-order valence-corrected chi connectivity index (χ2v) is 6.58. The summed E-state index contributed by atoms with van der Waals surface area (Å²) in [6.07, 6.45) is 1.95. The van der Waals surface area contributed by atoms with E-state index in [4.69, 9.17) is 0 Å². The smallest absolute Gasteiger partial charge is 0.274 e. The molecule has 1 aliphatic rings. The number of rotatable bonds is 2. The van der Waals surface area contributed by atoms with Gasteiger partial charge in [0.15, 0.2) is 5.69 Å². The molecule has 3 heterocycles. The van der Waals surface area contributed by atoms with Crippen LogP contribution in [-0.2, 0) is 0 Å². The third-order valence-corrected chi connectivity index (χ3v) is 4.86. The third-order valence-electron chi connectivity index (χ3n) is 4.86. The van der Waals surface area contributed by atoms with Gasteiger partial charge in [-0.3, -0.25) is 4.79 Å².